The van der Waals surface area contributed by atoms with Crippen molar-refractivity contribution in [2.24, 2.45) is 50.2 Å². The van der Waals surface area contributed by atoms with Gasteiger partial charge in [0, 0.05) is 13.8 Å². The molecule has 5 aliphatic carbocycles. The van der Waals surface area contributed by atoms with Crippen LogP contribution >= 0.6 is 0 Å². The molecule has 12 aliphatic rings. The third-order valence-electron chi connectivity index (χ3n) is 27.0. The van der Waals surface area contributed by atoms with Gasteiger partial charge in [-0.1, -0.05) is 53.2 Å². The smallest absolute Gasteiger partial charge is 0.335 e. The average Bonchev–Trinajstić information content (AvgIpc) is 0.673. The van der Waals surface area contributed by atoms with E-state index in [0.717, 1.165) is 25.7 Å². The van der Waals surface area contributed by atoms with Crippen LogP contribution in [0.2, 0.25) is 0 Å². The maximum atomic E-state index is 16.0. The molecule has 41 atom stereocenters. The summed E-state index contributed by atoms with van der Waals surface area (Å²) in [4.78, 5) is 69.4. The number of aliphatic hydroxyl groups is 15. The van der Waals surface area contributed by atoms with Crippen molar-refractivity contribution < 1.29 is 181 Å². The van der Waals surface area contributed by atoms with Crippen molar-refractivity contribution in [2.45, 2.75) is 336 Å². The molecule has 626 valence electrons. The highest BCUT2D eigenvalue weighted by Crippen LogP contribution is 2.76. The largest absolute Gasteiger partial charge is 0.479 e. The van der Waals surface area contributed by atoms with Gasteiger partial charge in [0.2, 0.25) is 6.29 Å². The molecule has 12 rings (SSSR count). The molecule has 0 spiro atoms. The molecule has 0 aromatic rings. The second kappa shape index (κ2) is 32.6. The Morgan fingerprint density at radius 2 is 1.00 bits per heavy atom. The number of carboxylic acids is 1. The molecule has 0 radical (unpaired) electrons. The van der Waals surface area contributed by atoms with Crippen LogP contribution in [0.25, 0.3) is 0 Å². The molecule has 7 aliphatic heterocycles. The highest BCUT2D eigenvalue weighted by molar-refractivity contribution is 5.79. The minimum absolute atomic E-state index is 0.130. The number of carbonyl (C=O) groups excluding carboxylic acids is 4. The summed E-state index contributed by atoms with van der Waals surface area (Å²) >= 11 is 0. The maximum absolute atomic E-state index is 16.0. The summed E-state index contributed by atoms with van der Waals surface area (Å²) in [6.07, 6.45) is -50.6. The van der Waals surface area contributed by atoms with Crippen LogP contribution in [0.5, 0.6) is 0 Å². The fourth-order valence-electron chi connectivity index (χ4n) is 20.5. The maximum Gasteiger partial charge on any atom is 0.335 e. The summed E-state index contributed by atoms with van der Waals surface area (Å²) in [5.74, 6) is -5.16. The van der Waals surface area contributed by atoms with E-state index in [2.05, 4.69) is 40.7 Å². The number of ether oxygens (including phenoxy) is 16. The van der Waals surface area contributed by atoms with E-state index in [0.29, 0.717) is 57.8 Å². The number of fused-ring (bicyclic) bond motifs is 7. The average molecular weight is 1580 g/mol. The number of carboxylic acid groups (broad SMARTS) is 1. The number of rotatable bonds is 19. The van der Waals surface area contributed by atoms with Crippen molar-refractivity contribution in [2.75, 3.05) is 26.4 Å². The Hall–Kier alpha value is -3.83. The van der Waals surface area contributed by atoms with Crippen molar-refractivity contribution in [1.82, 2.24) is 0 Å². The van der Waals surface area contributed by atoms with Gasteiger partial charge >= 0.3 is 23.9 Å². The van der Waals surface area contributed by atoms with Gasteiger partial charge in [-0.2, -0.15) is 0 Å². The Bertz CT molecular complexity index is 3290. The molecule has 110 heavy (non-hydrogen) atoms. The van der Waals surface area contributed by atoms with E-state index in [1.807, 2.05) is 0 Å². The lowest BCUT2D eigenvalue weighted by molar-refractivity contribution is -0.391. The fourth-order valence-corrected chi connectivity index (χ4v) is 20.5. The summed E-state index contributed by atoms with van der Waals surface area (Å²) in [5.41, 5.74) is -3.69. The molecule has 11 fully saturated rings. The molecular weight excluding hydrogens is 1470 g/mol. The molecule has 16 N–H and O–H groups in total. The molecule has 4 saturated carbocycles. The molecule has 0 bridgehead atoms. The Kier molecular flexibility index (Phi) is 25.3. The van der Waals surface area contributed by atoms with Crippen LogP contribution in [0.3, 0.4) is 0 Å². The van der Waals surface area contributed by atoms with Crippen molar-refractivity contribution >= 4 is 30.2 Å². The molecule has 37 heteroatoms. The van der Waals surface area contributed by atoms with Crippen LogP contribution in [-0.4, -0.2) is 341 Å². The Labute approximate surface area is 634 Å². The minimum atomic E-state index is -2.22. The molecule has 0 aromatic carbocycles. The minimum Gasteiger partial charge on any atom is -0.479 e. The van der Waals surface area contributed by atoms with Crippen LogP contribution in [0.15, 0.2) is 11.6 Å². The van der Waals surface area contributed by atoms with Gasteiger partial charge in [-0.05, 0) is 117 Å². The summed E-state index contributed by atoms with van der Waals surface area (Å²) in [6.45, 7) is 15.3. The Morgan fingerprint density at radius 1 is 0.482 bits per heavy atom. The highest BCUT2D eigenvalue weighted by Gasteiger charge is 2.72. The van der Waals surface area contributed by atoms with Gasteiger partial charge in [0.25, 0.3) is 0 Å². The molecular formula is C73H112O37. The van der Waals surface area contributed by atoms with E-state index in [4.69, 9.17) is 75.8 Å². The van der Waals surface area contributed by atoms with Crippen molar-refractivity contribution in [3.8, 4) is 0 Å². The second-order valence-corrected chi connectivity index (χ2v) is 34.2. The van der Waals surface area contributed by atoms with Crippen molar-refractivity contribution in [3.63, 3.8) is 0 Å². The van der Waals surface area contributed by atoms with Crippen LogP contribution in [0.1, 0.15) is 133 Å². The lowest BCUT2D eigenvalue weighted by Gasteiger charge is -2.71. The molecule has 0 amide bonds. The third kappa shape index (κ3) is 15.3. The van der Waals surface area contributed by atoms with E-state index in [1.165, 1.54) is 13.8 Å². The Morgan fingerprint density at radius 3 is 1.60 bits per heavy atom. The van der Waals surface area contributed by atoms with Gasteiger partial charge in [-0.3, -0.25) is 14.4 Å². The lowest BCUT2D eigenvalue weighted by Crippen LogP contribution is -2.69. The van der Waals surface area contributed by atoms with Gasteiger partial charge < -0.3 is 162 Å². The summed E-state index contributed by atoms with van der Waals surface area (Å²) in [5, 5.41) is 174. The van der Waals surface area contributed by atoms with Crippen molar-refractivity contribution in [3.05, 3.63) is 11.6 Å². The fraction of sp³-hybridized carbons (Fsp3) is 0.904. The van der Waals surface area contributed by atoms with E-state index in [9.17, 15) is 101 Å². The number of allylic oxidation sites excluding steroid dienone is 2. The van der Waals surface area contributed by atoms with Crippen LogP contribution in [0.4, 0.5) is 0 Å². The van der Waals surface area contributed by atoms with Gasteiger partial charge in [-0.25, -0.2) is 4.79 Å². The van der Waals surface area contributed by atoms with Crippen LogP contribution < -0.4 is 0 Å². The molecule has 0 aromatic heterocycles. The summed E-state index contributed by atoms with van der Waals surface area (Å²) in [6, 6.07) is 0. The van der Waals surface area contributed by atoms with Gasteiger partial charge in [0.05, 0.1) is 55.6 Å². The molecule has 7 saturated heterocycles. The normalized spacial score (nSPS) is 52.3. The number of aliphatic hydroxyl groups excluding tert-OH is 15. The number of hydrogen-bond donors (Lipinski definition) is 16. The summed E-state index contributed by atoms with van der Waals surface area (Å²) < 4.78 is 96.4. The zero-order valence-corrected chi connectivity index (χ0v) is 63.1. The first-order chi connectivity index (χ1) is 51.6. The predicted molar refractivity (Wildman–Crippen MR) is 360 cm³/mol. The van der Waals surface area contributed by atoms with E-state index in [-0.39, 0.29) is 17.8 Å². The van der Waals surface area contributed by atoms with Gasteiger partial charge in [0.1, 0.15) is 122 Å². The van der Waals surface area contributed by atoms with Crippen LogP contribution in [-0.2, 0) is 99.8 Å². The zero-order valence-electron chi connectivity index (χ0n) is 63.1. The van der Waals surface area contributed by atoms with Crippen molar-refractivity contribution in [1.29, 1.82) is 0 Å². The summed E-state index contributed by atoms with van der Waals surface area (Å²) in [7, 11) is 0. The first kappa shape index (κ1) is 85.5. The lowest BCUT2D eigenvalue weighted by atomic mass is 9.33. The number of aldehydes is 1. The molecule has 0 unspecified atom stereocenters. The second-order valence-electron chi connectivity index (χ2n) is 34.2. The van der Waals surface area contributed by atoms with Gasteiger partial charge in [-0.15, -0.1) is 0 Å². The number of esters is 3. The molecule has 7 heterocycles. The standard InChI is InChI=1S/C73H112O37/c1-27-51(104-62-50(91)53(35(80)25-97-62)105-60-45(86)40(81)33(78)23-95-60)44(85)48(89)63(98-27)109-58-56(101-30(4)77)52(100-29(3)76)28(2)99-65(58)110-67(94)73-19-17-68(5,6)21-32(73)31-11-12-38-69(7)15-14-39(70(8,26-75)37(69)13-16-72(38,10)71(31,9)18-20-73)103-66-57(108-64-47(88)43(84)42(83)36(22-74)102-64)54(49(90)55(107-66)59(92)93)106-61-46(87)41(82)34(79)24-96-61/h11,26-28,32-58,60-66,74,78-91H,12-25H2,1-10H3,(H,92,93)/t27-,28+,32-,33-,34+,35+,36+,37+,38+,39-,40-,41-,42-,43-,44-,45+,46+,47+,48+,49-,50+,51-,52-,53-,54-,55-,56-,57+,58+,60-,61-,62-,63-,64-,65-,66+,69-,70-,71+,72+,73-/m0/s1. The number of hydrogen-bond acceptors (Lipinski definition) is 36. The highest BCUT2D eigenvalue weighted by atomic mass is 16.8. The topological polar surface area (TPSA) is 557 Å². The SMILES string of the molecule is CC(=O)O[C@H]1[C@@H](OC(C)=O)[C@@H](C)O[C@@H](OC(=O)[C@]23CCC(C)(C)C[C@H]2C2=CC[C@@H]4[C@@]5(C)CC[C@H](O[C@@H]6O[C@H](C(=O)O)[C@@H](O)[C@H](O[C@@H]7OC[C@@H](O)[C@H](O)[C@H]7O)[C@H]6O[C@@H]6O[C@H](CO)[C@H](O)[C@H](O)[C@H]6O)[C@@](C)(C=O)[C@@H]5CC[C@@]4(C)[C@]2(C)CC3)[C@@H]1O[C@@H]1O[C@@H](C)[C@H](O[C@@H]2OC[C@@H](O)[C@H](O[C@@H]3OC[C@H](O)[C@H](O)[C@H]3O)[C@H]2O)[C@@H](O)[C@H]1O. The molecule has 37 nitrogen and oxygen atoms in total. The Balaban J connectivity index is 0.798. The zero-order chi connectivity index (χ0) is 80.3. The van der Waals surface area contributed by atoms with E-state index >= 15 is 4.79 Å². The number of aliphatic carboxylic acids is 1. The van der Waals surface area contributed by atoms with Crippen LogP contribution in [0, 0.1) is 50.2 Å². The first-order valence-electron chi connectivity index (χ1n) is 38.1. The predicted octanol–water partition coefficient (Wildman–Crippen LogP) is -4.18. The van der Waals surface area contributed by atoms with Gasteiger partial charge in [0.15, 0.2) is 62.2 Å². The number of carbonyl (C=O) groups is 5. The monoisotopic (exact) mass is 1580 g/mol. The van der Waals surface area contributed by atoms with E-state index < -0.39 is 292 Å². The van der Waals surface area contributed by atoms with E-state index in [1.54, 1.807) is 6.92 Å². The quantitative estimate of drug-likeness (QED) is 0.0192. The third-order valence-corrected chi connectivity index (χ3v) is 27.0. The first-order valence-corrected chi connectivity index (χ1v) is 38.1.